The van der Waals surface area contributed by atoms with Crippen molar-refractivity contribution in [2.75, 3.05) is 0 Å². The highest BCUT2D eigenvalue weighted by Crippen LogP contribution is 2.21. The van der Waals surface area contributed by atoms with Gasteiger partial charge in [-0.25, -0.2) is 0 Å². The predicted octanol–water partition coefficient (Wildman–Crippen LogP) is 2.44. The van der Waals surface area contributed by atoms with Crippen LogP contribution in [0.3, 0.4) is 0 Å². The molecule has 2 aliphatic rings. The maximum atomic E-state index is 12.3. The van der Waals surface area contributed by atoms with Crippen LogP contribution in [0.4, 0.5) is 0 Å². The third kappa shape index (κ3) is 2.58. The van der Waals surface area contributed by atoms with Gasteiger partial charge in [0.2, 0.25) is 0 Å². The number of rotatable bonds is 2. The maximum Gasteiger partial charge on any atom is 0.257 e. The van der Waals surface area contributed by atoms with Crippen molar-refractivity contribution in [2.45, 2.75) is 0 Å². The minimum absolute atomic E-state index is 0.142. The van der Waals surface area contributed by atoms with Crippen LogP contribution in [0.5, 0.6) is 0 Å². The molecule has 4 rings (SSSR count). The van der Waals surface area contributed by atoms with E-state index < -0.39 is 0 Å². The highest BCUT2D eigenvalue weighted by Gasteiger charge is 2.05. The summed E-state index contributed by atoms with van der Waals surface area (Å²) in [5.41, 5.74) is 2.45. The van der Waals surface area contributed by atoms with Crippen molar-refractivity contribution < 1.29 is 0 Å². The zero-order valence-corrected chi connectivity index (χ0v) is 14.0. The summed E-state index contributed by atoms with van der Waals surface area (Å²) in [7, 11) is 0. The first-order valence-corrected chi connectivity index (χ1v) is 8.43. The van der Waals surface area contributed by atoms with E-state index in [0.29, 0.717) is 15.0 Å². The van der Waals surface area contributed by atoms with Crippen molar-refractivity contribution in [3.8, 4) is 11.1 Å². The first-order valence-electron chi connectivity index (χ1n) is 7.23. The second-order valence-corrected chi connectivity index (χ2v) is 7.09. The smallest absolute Gasteiger partial charge is 0.257 e. The standard InChI is InChI=1S/C18H12ClN3OS/c1-10-13(11-4-6-20-7-5-11)9-14-15(18(23)22-17(14)21-10)8-12-2-3-16(19)24-12/h2-9,21H,1H2,(H,22,23). The topological polar surface area (TPSA) is 61.5 Å². The normalized spacial score (nSPS) is 12.1. The fourth-order valence-electron chi connectivity index (χ4n) is 2.68. The average Bonchev–Trinajstić information content (AvgIpc) is 3.11. The molecule has 0 radical (unpaired) electrons. The van der Waals surface area contributed by atoms with E-state index in [9.17, 15) is 4.79 Å². The molecule has 0 aliphatic carbocycles. The van der Waals surface area contributed by atoms with E-state index in [2.05, 4.69) is 21.5 Å². The predicted molar refractivity (Wildman–Crippen MR) is 97.6 cm³/mol. The largest absolute Gasteiger partial charge is 0.341 e. The third-order valence-corrected chi connectivity index (χ3v) is 4.98. The van der Waals surface area contributed by atoms with Gasteiger partial charge < -0.3 is 9.97 Å². The van der Waals surface area contributed by atoms with Crippen LogP contribution in [0.2, 0.25) is 4.34 Å². The molecule has 0 unspecified atom stereocenters. The lowest BCUT2D eigenvalue weighted by Crippen LogP contribution is -2.22. The summed E-state index contributed by atoms with van der Waals surface area (Å²) in [6, 6.07) is 9.52. The Morgan fingerprint density at radius 3 is 2.67 bits per heavy atom. The Kier molecular flexibility index (Phi) is 3.59. The lowest BCUT2D eigenvalue weighted by atomic mass is 10.1. The van der Waals surface area contributed by atoms with Crippen molar-refractivity contribution in [1.82, 2.24) is 15.0 Å². The van der Waals surface area contributed by atoms with E-state index >= 15 is 0 Å². The van der Waals surface area contributed by atoms with Gasteiger partial charge in [-0.2, -0.15) is 0 Å². The number of aromatic amines is 2. The Bertz CT molecular complexity index is 1250. The van der Waals surface area contributed by atoms with Crippen LogP contribution >= 0.6 is 22.9 Å². The molecule has 0 atom stereocenters. The van der Waals surface area contributed by atoms with Crippen LogP contribution in [0.15, 0.2) is 47.5 Å². The third-order valence-electron chi connectivity index (χ3n) is 3.80. The molecule has 118 valence electrons. The highest BCUT2D eigenvalue weighted by atomic mass is 35.5. The number of pyridine rings is 1. The van der Waals surface area contributed by atoms with Crippen molar-refractivity contribution in [1.29, 1.82) is 0 Å². The van der Waals surface area contributed by atoms with Gasteiger partial charge in [0.05, 0.1) is 9.55 Å². The molecular formula is C18H12ClN3OS. The number of aromatic nitrogens is 3. The first-order chi connectivity index (χ1) is 11.6. The molecular weight excluding hydrogens is 342 g/mol. The number of H-pyrrole nitrogens is 2. The molecule has 0 spiro atoms. The number of hydrogen-bond donors (Lipinski definition) is 2. The lowest BCUT2D eigenvalue weighted by Gasteiger charge is -2.01. The molecule has 2 aromatic heterocycles. The van der Waals surface area contributed by atoms with Crippen LogP contribution in [-0.2, 0) is 0 Å². The molecule has 0 saturated heterocycles. The maximum absolute atomic E-state index is 12.3. The fourth-order valence-corrected chi connectivity index (χ4v) is 3.69. The van der Waals surface area contributed by atoms with Crippen molar-refractivity contribution in [3.63, 3.8) is 0 Å². The zero-order chi connectivity index (χ0) is 16.7. The van der Waals surface area contributed by atoms with Crippen LogP contribution < -0.4 is 16.1 Å². The summed E-state index contributed by atoms with van der Waals surface area (Å²) >= 11 is 7.41. The second-order valence-electron chi connectivity index (χ2n) is 5.34. The number of thiophene rings is 1. The molecule has 2 N–H and O–H groups in total. The van der Waals surface area contributed by atoms with Crippen molar-refractivity contribution >= 4 is 35.6 Å². The number of nitrogens with zero attached hydrogens (tertiary/aromatic N) is 1. The molecule has 0 aromatic carbocycles. The van der Waals surface area contributed by atoms with Crippen LogP contribution in [0, 0.1) is 10.7 Å². The Morgan fingerprint density at radius 2 is 1.96 bits per heavy atom. The van der Waals surface area contributed by atoms with E-state index in [-0.39, 0.29) is 5.56 Å². The molecule has 2 aromatic rings. The van der Waals surface area contributed by atoms with Gasteiger partial charge in [0.1, 0.15) is 5.48 Å². The molecule has 4 nitrogen and oxygen atoms in total. The van der Waals surface area contributed by atoms with E-state index in [1.54, 1.807) is 12.4 Å². The minimum Gasteiger partial charge on any atom is -0.341 e. The van der Waals surface area contributed by atoms with Gasteiger partial charge in [-0.3, -0.25) is 9.78 Å². The fraction of sp³-hybridized carbons (Fsp3) is 0. The Hall–Kier alpha value is -2.63. The van der Waals surface area contributed by atoms with E-state index in [1.165, 1.54) is 11.3 Å². The minimum atomic E-state index is -0.142. The Morgan fingerprint density at radius 1 is 1.17 bits per heavy atom. The summed E-state index contributed by atoms with van der Waals surface area (Å²) in [4.78, 5) is 23.3. The molecule has 24 heavy (non-hydrogen) atoms. The number of hydrogen-bond acceptors (Lipinski definition) is 3. The van der Waals surface area contributed by atoms with Crippen LogP contribution in [0.25, 0.3) is 23.8 Å². The quantitative estimate of drug-likeness (QED) is 0.581. The van der Waals surface area contributed by atoms with Crippen molar-refractivity contribution in [2.24, 2.45) is 0 Å². The molecule has 2 aliphatic heterocycles. The summed E-state index contributed by atoms with van der Waals surface area (Å²) in [5, 5.41) is 2.17. The first kappa shape index (κ1) is 14.9. The SMILES string of the molecule is C=c1[nH]c2[nH]c(=O)c(=Cc3ccc(Cl)s3)c=2cc1-c1ccncc1. The molecule has 4 heterocycles. The Labute approximate surface area is 145 Å². The average molecular weight is 354 g/mol. The van der Waals surface area contributed by atoms with Gasteiger partial charge in [0.25, 0.3) is 5.56 Å². The molecule has 0 amide bonds. The summed E-state index contributed by atoms with van der Waals surface area (Å²) in [6.07, 6.45) is 5.32. The summed E-state index contributed by atoms with van der Waals surface area (Å²) < 4.78 is 0.692. The molecule has 0 saturated carbocycles. The van der Waals surface area contributed by atoms with Gasteiger partial charge in [-0.1, -0.05) is 18.2 Å². The number of halogens is 1. The molecule has 0 fully saturated rings. The summed E-state index contributed by atoms with van der Waals surface area (Å²) in [6.45, 7) is 4.05. The van der Waals surface area contributed by atoms with E-state index in [1.807, 2.05) is 36.4 Å². The van der Waals surface area contributed by atoms with Gasteiger partial charge >= 0.3 is 0 Å². The van der Waals surface area contributed by atoms with Gasteiger partial charge in [-0.05, 0) is 42.0 Å². The van der Waals surface area contributed by atoms with Crippen molar-refractivity contribution in [3.05, 3.63) is 83.6 Å². The molecule has 0 bridgehead atoms. The lowest BCUT2D eigenvalue weighted by molar-refractivity contribution is 1.08. The Balaban J connectivity index is 2.05. The van der Waals surface area contributed by atoms with Crippen LogP contribution in [0.1, 0.15) is 4.88 Å². The number of nitrogens with one attached hydrogen (secondary N) is 2. The van der Waals surface area contributed by atoms with Crippen LogP contribution in [-0.4, -0.2) is 15.0 Å². The zero-order valence-electron chi connectivity index (χ0n) is 12.5. The molecule has 6 heteroatoms. The summed E-state index contributed by atoms with van der Waals surface area (Å²) in [5.74, 6) is 0. The second kappa shape index (κ2) is 5.78. The van der Waals surface area contributed by atoms with Gasteiger partial charge in [0, 0.05) is 33.4 Å². The van der Waals surface area contributed by atoms with Gasteiger partial charge in [-0.15, -0.1) is 11.3 Å². The highest BCUT2D eigenvalue weighted by molar-refractivity contribution is 7.16. The van der Waals surface area contributed by atoms with E-state index in [4.69, 9.17) is 11.6 Å². The van der Waals surface area contributed by atoms with E-state index in [0.717, 1.165) is 26.6 Å². The monoisotopic (exact) mass is 353 g/mol. The van der Waals surface area contributed by atoms with Gasteiger partial charge in [0.15, 0.2) is 0 Å².